The fourth-order valence-electron chi connectivity index (χ4n) is 5.74. The molecule has 0 atom stereocenters. The second-order valence-corrected chi connectivity index (χ2v) is 16.9. The number of rotatable bonds is 12. The van der Waals surface area contributed by atoms with Gasteiger partial charge in [0, 0.05) is 30.3 Å². The number of benzene rings is 1. The van der Waals surface area contributed by atoms with Crippen LogP contribution in [-0.4, -0.2) is 136 Å². The maximum Gasteiger partial charge on any atom is 0.514 e. The quantitative estimate of drug-likeness (QED) is 0.0893. The molecule has 2 saturated heterocycles. The lowest BCUT2D eigenvalue weighted by molar-refractivity contribution is 0.00578. The lowest BCUT2D eigenvalue weighted by Crippen LogP contribution is -2.41. The number of pyridine rings is 3. The lowest BCUT2D eigenvalue weighted by Gasteiger charge is -2.32. The van der Waals surface area contributed by atoms with Crippen molar-refractivity contribution in [1.82, 2.24) is 15.0 Å². The van der Waals surface area contributed by atoms with Gasteiger partial charge in [-0.2, -0.15) is 0 Å². The Labute approximate surface area is 398 Å². The maximum atomic E-state index is 11.7. The molecule has 4 aromatic rings. The van der Waals surface area contributed by atoms with Crippen LogP contribution in [0.3, 0.4) is 0 Å². The molecule has 19 nitrogen and oxygen atoms in total. The fraction of sp³-hybridized carbons (Fsp3) is 0.444. The van der Waals surface area contributed by atoms with Crippen molar-refractivity contribution in [2.75, 3.05) is 26.4 Å². The summed E-state index contributed by atoms with van der Waals surface area (Å²) in [5.41, 5.74) is 1.33. The first-order valence-corrected chi connectivity index (χ1v) is 21.9. The van der Waals surface area contributed by atoms with Crippen LogP contribution < -0.4 is 22.0 Å². The van der Waals surface area contributed by atoms with Crippen LogP contribution in [0.5, 0.6) is 0 Å². The van der Waals surface area contributed by atoms with Crippen molar-refractivity contribution < 1.29 is 76.8 Å². The van der Waals surface area contributed by atoms with Crippen LogP contribution in [0.2, 0.25) is 0 Å². The van der Waals surface area contributed by atoms with Gasteiger partial charge in [0.1, 0.15) is 5.69 Å². The number of ether oxygens (including phenoxy) is 4. The summed E-state index contributed by atoms with van der Waals surface area (Å²) in [6, 6.07) is 14.1. The molecule has 2 aliphatic rings. The lowest BCUT2D eigenvalue weighted by atomic mass is 9.79. The molecule has 364 valence electrons. The van der Waals surface area contributed by atoms with Crippen LogP contribution in [0.25, 0.3) is 0 Å². The van der Waals surface area contributed by atoms with E-state index in [1.165, 1.54) is 30.6 Å². The van der Waals surface area contributed by atoms with Crippen LogP contribution >= 0.6 is 0 Å². The molecular weight excluding hydrogens is 882 g/mol. The molecule has 0 unspecified atom stereocenters. The van der Waals surface area contributed by atoms with Crippen LogP contribution in [0, 0.1) is 0 Å². The highest BCUT2D eigenvalue weighted by Gasteiger charge is 2.53. The second kappa shape index (κ2) is 25.2. The first-order valence-electron chi connectivity index (χ1n) is 21.9. The van der Waals surface area contributed by atoms with E-state index in [0.717, 1.165) is 5.46 Å². The molecule has 2 fully saturated rings. The van der Waals surface area contributed by atoms with E-state index >= 15 is 0 Å². The SMILES string of the molecule is CCOC(=O)c1cc(B2OC(C)(C)C(C)(C)O2)ccn1.CCOC(=O)c1cccc(B(O)O)c1.CCOC(=O)c1ccnc(B2OC(C)(C)C(C)(C)O2)c1.CCOC(=O)c1cncc(B(O)O)c1. The minimum Gasteiger partial charge on any atom is -0.462 e. The van der Waals surface area contributed by atoms with Crippen molar-refractivity contribution in [2.24, 2.45) is 0 Å². The average Bonchev–Trinajstić information content (AvgIpc) is 3.66. The van der Waals surface area contributed by atoms with Gasteiger partial charge >= 0.3 is 52.4 Å². The molecule has 0 spiro atoms. The predicted molar refractivity (Wildman–Crippen MR) is 254 cm³/mol. The molecule has 0 saturated carbocycles. The van der Waals surface area contributed by atoms with Gasteiger partial charge in [-0.1, -0.05) is 12.1 Å². The number of nitrogens with zero attached hydrogens (tertiary/aromatic N) is 3. The normalized spacial score (nSPS) is 15.7. The maximum absolute atomic E-state index is 11.7. The highest BCUT2D eigenvalue weighted by Crippen LogP contribution is 2.37. The Balaban J connectivity index is 0.000000244. The zero-order valence-electron chi connectivity index (χ0n) is 40.7. The zero-order chi connectivity index (χ0) is 51.0. The van der Waals surface area contributed by atoms with Gasteiger partial charge in [0.05, 0.1) is 71.1 Å². The molecule has 68 heavy (non-hydrogen) atoms. The van der Waals surface area contributed by atoms with E-state index in [9.17, 15) is 19.2 Å². The first-order chi connectivity index (χ1) is 31.8. The minimum atomic E-state index is -1.63. The van der Waals surface area contributed by atoms with Gasteiger partial charge in [-0.3, -0.25) is 9.97 Å². The predicted octanol–water partition coefficient (Wildman–Crippen LogP) is 1.60. The summed E-state index contributed by atoms with van der Waals surface area (Å²) >= 11 is 0. The summed E-state index contributed by atoms with van der Waals surface area (Å²) < 4.78 is 43.1. The molecule has 0 amide bonds. The van der Waals surface area contributed by atoms with Gasteiger partial charge in [0.2, 0.25) is 0 Å². The van der Waals surface area contributed by atoms with Crippen molar-refractivity contribution >= 4 is 74.3 Å². The number of carbonyl (C=O) groups excluding carboxylic acids is 4. The van der Waals surface area contributed by atoms with E-state index < -0.39 is 68.8 Å². The molecule has 23 heteroatoms. The number of esters is 4. The van der Waals surface area contributed by atoms with Crippen molar-refractivity contribution in [2.45, 2.75) is 105 Å². The van der Waals surface area contributed by atoms with E-state index in [0.29, 0.717) is 36.5 Å². The van der Waals surface area contributed by atoms with Crippen LogP contribution in [0.15, 0.2) is 79.4 Å². The number of carbonyl (C=O) groups is 4. The molecule has 0 radical (unpaired) electrons. The monoisotopic (exact) mass is 943 g/mol. The first kappa shape index (κ1) is 56.8. The smallest absolute Gasteiger partial charge is 0.462 e. The average molecular weight is 943 g/mol. The van der Waals surface area contributed by atoms with Crippen molar-refractivity contribution in [3.8, 4) is 0 Å². The van der Waals surface area contributed by atoms with Crippen molar-refractivity contribution in [1.29, 1.82) is 0 Å². The van der Waals surface area contributed by atoms with E-state index in [2.05, 4.69) is 15.0 Å². The Kier molecular flexibility index (Phi) is 21.1. The molecular formula is C45H61B4N3O16. The summed E-state index contributed by atoms with van der Waals surface area (Å²) in [5.74, 6) is -1.80. The number of aromatic nitrogens is 3. The second-order valence-electron chi connectivity index (χ2n) is 16.9. The van der Waals surface area contributed by atoms with E-state index in [-0.39, 0.29) is 34.8 Å². The third kappa shape index (κ3) is 15.8. The molecule has 6 rings (SSSR count). The van der Waals surface area contributed by atoms with Gasteiger partial charge in [-0.05, 0) is 136 Å². The van der Waals surface area contributed by atoms with Gasteiger partial charge in [-0.15, -0.1) is 0 Å². The highest BCUT2D eigenvalue weighted by molar-refractivity contribution is 6.62. The number of hydrogen-bond acceptors (Lipinski definition) is 19. The molecule has 1 aromatic carbocycles. The van der Waals surface area contributed by atoms with Crippen LogP contribution in [0.1, 0.15) is 125 Å². The van der Waals surface area contributed by atoms with Gasteiger partial charge in [-0.25, -0.2) is 24.2 Å². The molecule has 0 bridgehead atoms. The summed E-state index contributed by atoms with van der Waals surface area (Å²) in [5, 5.41) is 35.4. The summed E-state index contributed by atoms with van der Waals surface area (Å²) in [4.78, 5) is 57.8. The fourth-order valence-corrected chi connectivity index (χ4v) is 5.74. The topological polar surface area (TPSA) is 262 Å². The summed E-state index contributed by atoms with van der Waals surface area (Å²) in [6.07, 6.45) is 5.70. The summed E-state index contributed by atoms with van der Waals surface area (Å²) in [7, 11) is -4.27. The molecule has 0 aliphatic carbocycles. The Hall–Kier alpha value is -5.51. The Morgan fingerprint density at radius 3 is 1.47 bits per heavy atom. The molecule has 2 aliphatic heterocycles. The molecule has 3 aromatic heterocycles. The zero-order valence-corrected chi connectivity index (χ0v) is 40.7. The van der Waals surface area contributed by atoms with Crippen LogP contribution in [0.4, 0.5) is 0 Å². The van der Waals surface area contributed by atoms with Gasteiger partial charge in [0.25, 0.3) is 0 Å². The Morgan fingerprint density at radius 2 is 0.971 bits per heavy atom. The van der Waals surface area contributed by atoms with E-state index in [1.54, 1.807) is 76.5 Å². The summed E-state index contributed by atoms with van der Waals surface area (Å²) in [6.45, 7) is 24.0. The van der Waals surface area contributed by atoms with E-state index in [4.69, 9.17) is 57.7 Å². The van der Waals surface area contributed by atoms with Crippen LogP contribution in [-0.2, 0) is 37.6 Å². The Morgan fingerprint density at radius 1 is 0.529 bits per heavy atom. The highest BCUT2D eigenvalue weighted by atomic mass is 16.7. The standard InChI is InChI=1S/2C14H20BNO4.C9H11BO4.C8H10BNO4/c1-6-18-12(17)11-9-10(7-8-16-11)15-19-13(2,3)14(4,5)20-15;1-6-18-12(17)10-7-8-16-11(9-10)15-19-13(2,3)14(4,5)20-15;1-2-14-9(11)7-4-3-5-8(6-7)10(12)13;1-2-14-8(11)6-3-7(9(12)13)5-10-4-6/h2*7-9H,6H2,1-5H3;3-6,12-13H,2H2,1H3;3-5,12-13H,2H2,1H3. The van der Waals surface area contributed by atoms with Gasteiger partial charge < -0.3 is 57.7 Å². The van der Waals surface area contributed by atoms with Gasteiger partial charge in [0.15, 0.2) is 0 Å². The molecule has 5 heterocycles. The van der Waals surface area contributed by atoms with Crippen molar-refractivity contribution in [3.63, 3.8) is 0 Å². The van der Waals surface area contributed by atoms with E-state index in [1.807, 2.05) is 55.4 Å². The van der Waals surface area contributed by atoms with Crippen molar-refractivity contribution in [3.05, 3.63) is 102 Å². The minimum absolute atomic E-state index is 0.163. The third-order valence-electron chi connectivity index (χ3n) is 10.8. The Bertz CT molecular complexity index is 2120. The largest absolute Gasteiger partial charge is 0.514 e. The molecule has 4 N–H and O–H groups in total. The number of hydrogen-bond donors (Lipinski definition) is 4. The third-order valence-corrected chi connectivity index (χ3v) is 10.8.